The van der Waals surface area contributed by atoms with Gasteiger partial charge < -0.3 is 10.4 Å². The molecule has 15 heavy (non-hydrogen) atoms. The number of rotatable bonds is 4. The number of H-pyrrole nitrogens is 1. The lowest BCUT2D eigenvalue weighted by Crippen LogP contribution is -2.14. The zero-order valence-electron chi connectivity index (χ0n) is 7.97. The molecule has 2 rings (SSSR count). The van der Waals surface area contributed by atoms with E-state index >= 15 is 0 Å². The molecule has 0 aliphatic heterocycles. The van der Waals surface area contributed by atoms with Crippen molar-refractivity contribution in [2.24, 2.45) is 0 Å². The van der Waals surface area contributed by atoms with Crippen molar-refractivity contribution >= 4 is 11.5 Å². The second-order valence-corrected chi connectivity index (χ2v) is 3.02. The number of nitrogens with zero attached hydrogens (tertiary/aromatic N) is 3. The van der Waals surface area contributed by atoms with Crippen LogP contribution in [0.5, 0.6) is 0 Å². The molecule has 0 saturated carbocycles. The van der Waals surface area contributed by atoms with Gasteiger partial charge in [-0.1, -0.05) is 0 Å². The fourth-order valence-electron chi connectivity index (χ4n) is 1.19. The Labute approximate surface area is 84.7 Å². The van der Waals surface area contributed by atoms with Crippen LogP contribution in [-0.4, -0.2) is 38.1 Å². The molecule has 2 heterocycles. The highest BCUT2D eigenvalue weighted by molar-refractivity contribution is 5.42. The molecule has 2 aromatic heterocycles. The van der Waals surface area contributed by atoms with Crippen LogP contribution in [0.25, 0.3) is 5.65 Å². The molecule has 7 heteroatoms. The van der Waals surface area contributed by atoms with Crippen molar-refractivity contribution in [2.45, 2.75) is 6.42 Å². The van der Waals surface area contributed by atoms with Crippen molar-refractivity contribution in [2.75, 3.05) is 18.5 Å². The second kappa shape index (κ2) is 4.09. The Balaban J connectivity index is 2.22. The van der Waals surface area contributed by atoms with Crippen LogP contribution in [0.2, 0.25) is 0 Å². The molecule has 0 amide bonds. The zero-order chi connectivity index (χ0) is 10.7. The van der Waals surface area contributed by atoms with Crippen molar-refractivity contribution in [3.8, 4) is 0 Å². The van der Waals surface area contributed by atoms with Crippen molar-refractivity contribution in [3.05, 3.63) is 22.6 Å². The van der Waals surface area contributed by atoms with E-state index in [0.717, 1.165) is 0 Å². The van der Waals surface area contributed by atoms with E-state index in [1.54, 1.807) is 12.1 Å². The molecule has 0 atom stereocenters. The summed E-state index contributed by atoms with van der Waals surface area (Å²) >= 11 is 0. The zero-order valence-corrected chi connectivity index (χ0v) is 7.97. The van der Waals surface area contributed by atoms with Gasteiger partial charge in [-0.3, -0.25) is 0 Å². The minimum absolute atomic E-state index is 0.126. The number of hydrogen-bond acceptors (Lipinski definition) is 5. The third-order valence-electron chi connectivity index (χ3n) is 1.91. The van der Waals surface area contributed by atoms with Crippen LogP contribution in [0, 0.1) is 0 Å². The van der Waals surface area contributed by atoms with Gasteiger partial charge in [0, 0.05) is 13.2 Å². The van der Waals surface area contributed by atoms with E-state index < -0.39 is 0 Å². The summed E-state index contributed by atoms with van der Waals surface area (Å²) in [5.74, 6) is 0.583. The normalized spacial score (nSPS) is 10.7. The van der Waals surface area contributed by atoms with Crippen molar-refractivity contribution in [1.29, 1.82) is 0 Å². The molecule has 0 saturated heterocycles. The first-order valence-electron chi connectivity index (χ1n) is 4.60. The molecule has 0 aromatic carbocycles. The van der Waals surface area contributed by atoms with E-state index in [1.165, 1.54) is 4.52 Å². The van der Waals surface area contributed by atoms with E-state index in [-0.39, 0.29) is 12.3 Å². The minimum atomic E-state index is -0.365. The molecule has 0 unspecified atom stereocenters. The van der Waals surface area contributed by atoms with Crippen molar-refractivity contribution < 1.29 is 5.11 Å². The Morgan fingerprint density at radius 1 is 1.53 bits per heavy atom. The highest BCUT2D eigenvalue weighted by Gasteiger charge is 2.01. The molecular weight excluding hydrogens is 198 g/mol. The molecular formula is C8H11N5O2. The quantitative estimate of drug-likeness (QED) is 0.574. The monoisotopic (exact) mass is 209 g/mol. The number of aliphatic hydroxyl groups excluding tert-OH is 1. The standard InChI is InChI=1S/C8H11N5O2/c14-5-1-4-9-6-2-3-7-10-11-8(15)13(7)12-6/h2-3,14H,1,4-5H2,(H,9,12)(H,11,15). The predicted octanol–water partition coefficient (Wildman–Crippen LogP) is -0.788. The Kier molecular flexibility index (Phi) is 2.64. The highest BCUT2D eigenvalue weighted by atomic mass is 16.3. The molecule has 0 aliphatic rings. The SMILES string of the molecule is O=c1[nH]nc2ccc(NCCCO)nn12. The lowest BCUT2D eigenvalue weighted by molar-refractivity contribution is 0.292. The molecule has 2 aromatic rings. The summed E-state index contributed by atoms with van der Waals surface area (Å²) in [5, 5.41) is 21.7. The Bertz CT molecular complexity index is 503. The maximum absolute atomic E-state index is 11.2. The molecule has 0 spiro atoms. The van der Waals surface area contributed by atoms with Crippen LogP contribution in [-0.2, 0) is 0 Å². The van der Waals surface area contributed by atoms with Crippen LogP contribution in [0.1, 0.15) is 6.42 Å². The fraction of sp³-hybridized carbons (Fsp3) is 0.375. The molecule has 0 bridgehead atoms. The predicted molar refractivity (Wildman–Crippen MR) is 53.8 cm³/mol. The number of hydrogen-bond donors (Lipinski definition) is 3. The molecule has 0 radical (unpaired) electrons. The van der Waals surface area contributed by atoms with Gasteiger partial charge in [-0.25, -0.2) is 9.89 Å². The topological polar surface area (TPSA) is 95.3 Å². The first kappa shape index (κ1) is 9.66. The summed E-state index contributed by atoms with van der Waals surface area (Å²) in [6, 6.07) is 3.42. The summed E-state index contributed by atoms with van der Waals surface area (Å²) < 4.78 is 1.18. The summed E-state index contributed by atoms with van der Waals surface area (Å²) in [4.78, 5) is 11.2. The lowest BCUT2D eigenvalue weighted by atomic mass is 10.4. The van der Waals surface area contributed by atoms with E-state index in [4.69, 9.17) is 5.11 Å². The second-order valence-electron chi connectivity index (χ2n) is 3.02. The van der Waals surface area contributed by atoms with E-state index in [0.29, 0.717) is 24.4 Å². The van der Waals surface area contributed by atoms with Crippen LogP contribution < -0.4 is 11.0 Å². The van der Waals surface area contributed by atoms with Gasteiger partial charge in [-0.15, -0.1) is 5.10 Å². The third-order valence-corrected chi connectivity index (χ3v) is 1.91. The Hall–Kier alpha value is -1.89. The van der Waals surface area contributed by atoms with E-state index in [9.17, 15) is 4.79 Å². The van der Waals surface area contributed by atoms with Gasteiger partial charge in [0.25, 0.3) is 0 Å². The van der Waals surface area contributed by atoms with Crippen LogP contribution in [0.4, 0.5) is 5.82 Å². The van der Waals surface area contributed by atoms with Crippen LogP contribution in [0.15, 0.2) is 16.9 Å². The summed E-state index contributed by atoms with van der Waals surface area (Å²) in [5.41, 5.74) is 0.114. The van der Waals surface area contributed by atoms with Crippen LogP contribution in [0.3, 0.4) is 0 Å². The molecule has 7 nitrogen and oxygen atoms in total. The molecule has 0 fully saturated rings. The first-order chi connectivity index (χ1) is 7.31. The van der Waals surface area contributed by atoms with Gasteiger partial charge in [0.2, 0.25) is 0 Å². The maximum Gasteiger partial charge on any atom is 0.364 e. The average molecular weight is 209 g/mol. The maximum atomic E-state index is 11.2. The largest absolute Gasteiger partial charge is 0.396 e. The average Bonchev–Trinajstić information content (AvgIpc) is 2.61. The highest BCUT2D eigenvalue weighted by Crippen LogP contribution is 2.02. The molecule has 80 valence electrons. The number of fused-ring (bicyclic) bond motifs is 1. The van der Waals surface area contributed by atoms with Crippen molar-refractivity contribution in [3.63, 3.8) is 0 Å². The number of aliphatic hydroxyl groups is 1. The number of anilines is 1. The Morgan fingerprint density at radius 3 is 3.20 bits per heavy atom. The first-order valence-corrected chi connectivity index (χ1v) is 4.60. The Morgan fingerprint density at radius 2 is 2.40 bits per heavy atom. The van der Waals surface area contributed by atoms with Crippen LogP contribution >= 0.6 is 0 Å². The summed E-state index contributed by atoms with van der Waals surface area (Å²) in [7, 11) is 0. The third kappa shape index (κ3) is 1.96. The van der Waals surface area contributed by atoms with Gasteiger partial charge in [-0.05, 0) is 18.6 Å². The summed E-state index contributed by atoms with van der Waals surface area (Å²) in [6.07, 6.45) is 0.639. The molecule has 3 N–H and O–H groups in total. The molecule has 0 aliphatic carbocycles. The van der Waals surface area contributed by atoms with Gasteiger partial charge in [0.1, 0.15) is 5.82 Å². The number of nitrogens with one attached hydrogen (secondary N) is 2. The lowest BCUT2D eigenvalue weighted by Gasteiger charge is -2.02. The number of aromatic nitrogens is 4. The number of aromatic amines is 1. The van der Waals surface area contributed by atoms with Gasteiger partial charge in [0.15, 0.2) is 5.65 Å². The van der Waals surface area contributed by atoms with Gasteiger partial charge in [0.05, 0.1) is 0 Å². The van der Waals surface area contributed by atoms with Crippen molar-refractivity contribution in [1.82, 2.24) is 19.8 Å². The smallest absolute Gasteiger partial charge is 0.364 e. The fourth-order valence-corrected chi connectivity index (χ4v) is 1.19. The van der Waals surface area contributed by atoms with Gasteiger partial charge >= 0.3 is 5.69 Å². The van der Waals surface area contributed by atoms with E-state index in [1.807, 2.05) is 0 Å². The summed E-state index contributed by atoms with van der Waals surface area (Å²) in [6.45, 7) is 0.739. The van der Waals surface area contributed by atoms with E-state index in [2.05, 4.69) is 20.6 Å². The minimum Gasteiger partial charge on any atom is -0.396 e. The van der Waals surface area contributed by atoms with Gasteiger partial charge in [-0.2, -0.15) is 9.61 Å².